The van der Waals surface area contributed by atoms with Crippen LogP contribution in [-0.2, 0) is 10.2 Å². The molecule has 2 heterocycles. The van der Waals surface area contributed by atoms with Crippen LogP contribution >= 0.6 is 23.2 Å². The second-order valence-corrected chi connectivity index (χ2v) is 10.1. The molecule has 0 unspecified atom stereocenters. The molecule has 170 valence electrons. The Kier molecular flexibility index (Phi) is 4.57. The van der Waals surface area contributed by atoms with E-state index in [9.17, 15) is 14.3 Å². The molecular formula is C24H19Cl2FN2O4. The summed E-state index contributed by atoms with van der Waals surface area (Å²) in [6.07, 6.45) is 2.30. The fraction of sp³-hybridized carbons (Fsp3) is 0.333. The van der Waals surface area contributed by atoms with Crippen LogP contribution in [0, 0.1) is 5.82 Å². The summed E-state index contributed by atoms with van der Waals surface area (Å²) in [6, 6.07) is 9.48. The molecule has 2 atom stereocenters. The van der Waals surface area contributed by atoms with E-state index in [4.69, 9.17) is 32.4 Å². The van der Waals surface area contributed by atoms with Crippen molar-refractivity contribution < 1.29 is 23.4 Å². The molecule has 4 aliphatic rings. The van der Waals surface area contributed by atoms with Crippen molar-refractivity contribution in [2.75, 3.05) is 0 Å². The largest absolute Gasteiger partial charge is 0.480 e. The number of rotatable bonds is 4. The summed E-state index contributed by atoms with van der Waals surface area (Å²) in [7, 11) is 0. The third-order valence-corrected chi connectivity index (χ3v) is 7.45. The smallest absolute Gasteiger partial charge is 0.261 e. The standard InChI is InChI=1S/C24H19Cl2FN2O4/c25-13-2-4-18-14(6-13)17(30)7-19(32-18)21(31)29-24-9-23(10-24,11-24)22-28-8-20(33-22)12-1-3-15(26)16(27)5-12/h1-6,8,17,19,30H,7,9-11H2,(H,29,31)/t17-,19+,23?,24?/m1/s1. The Hall–Kier alpha value is -2.61. The lowest BCUT2D eigenvalue weighted by Gasteiger charge is -2.68. The van der Waals surface area contributed by atoms with Crippen molar-refractivity contribution in [3.05, 3.63) is 69.9 Å². The lowest BCUT2D eigenvalue weighted by molar-refractivity contribution is -0.149. The van der Waals surface area contributed by atoms with Gasteiger partial charge in [0.1, 0.15) is 11.6 Å². The van der Waals surface area contributed by atoms with Gasteiger partial charge in [-0.3, -0.25) is 4.79 Å². The van der Waals surface area contributed by atoms with Crippen molar-refractivity contribution in [1.82, 2.24) is 10.3 Å². The Balaban J connectivity index is 1.11. The normalized spacial score (nSPS) is 29.3. The van der Waals surface area contributed by atoms with Gasteiger partial charge in [-0.05, 0) is 55.7 Å². The Bertz CT molecular complexity index is 1270. The van der Waals surface area contributed by atoms with Gasteiger partial charge in [-0.1, -0.05) is 23.2 Å². The first-order chi connectivity index (χ1) is 15.8. The number of hydrogen-bond donors (Lipinski definition) is 2. The topological polar surface area (TPSA) is 84.6 Å². The van der Waals surface area contributed by atoms with Crippen LogP contribution in [0.25, 0.3) is 11.3 Å². The van der Waals surface area contributed by atoms with Crippen molar-refractivity contribution >= 4 is 29.1 Å². The highest BCUT2D eigenvalue weighted by atomic mass is 35.5. The Morgan fingerprint density at radius 2 is 1.97 bits per heavy atom. The van der Waals surface area contributed by atoms with Crippen LogP contribution < -0.4 is 10.1 Å². The molecule has 0 saturated heterocycles. The fourth-order valence-corrected chi connectivity index (χ4v) is 5.67. The lowest BCUT2D eigenvalue weighted by atomic mass is 9.39. The first-order valence-corrected chi connectivity index (χ1v) is 11.4. The van der Waals surface area contributed by atoms with Crippen LogP contribution in [0.1, 0.15) is 43.2 Å². The molecule has 0 radical (unpaired) electrons. The molecule has 2 bridgehead atoms. The molecule has 0 spiro atoms. The van der Waals surface area contributed by atoms with Gasteiger partial charge in [0.05, 0.1) is 22.7 Å². The van der Waals surface area contributed by atoms with Crippen molar-refractivity contribution in [1.29, 1.82) is 0 Å². The molecule has 1 amide bonds. The van der Waals surface area contributed by atoms with E-state index < -0.39 is 18.0 Å². The summed E-state index contributed by atoms with van der Waals surface area (Å²) in [5, 5.41) is 14.1. The number of ether oxygens (including phenoxy) is 1. The van der Waals surface area contributed by atoms with Gasteiger partial charge in [0.25, 0.3) is 5.91 Å². The molecule has 2 aromatic carbocycles. The van der Waals surface area contributed by atoms with Crippen molar-refractivity contribution in [2.45, 2.75) is 48.8 Å². The van der Waals surface area contributed by atoms with Crippen LogP contribution in [0.4, 0.5) is 4.39 Å². The molecule has 9 heteroatoms. The fourth-order valence-electron chi connectivity index (χ4n) is 5.37. The van der Waals surface area contributed by atoms with Gasteiger partial charge >= 0.3 is 0 Å². The molecule has 7 rings (SSSR count). The van der Waals surface area contributed by atoms with E-state index in [0.717, 1.165) is 0 Å². The highest BCUT2D eigenvalue weighted by molar-refractivity contribution is 6.31. The van der Waals surface area contributed by atoms with Crippen molar-refractivity contribution in [3.63, 3.8) is 0 Å². The van der Waals surface area contributed by atoms with Gasteiger partial charge in [0, 0.05) is 28.1 Å². The maximum absolute atomic E-state index is 13.8. The molecule has 6 nitrogen and oxygen atoms in total. The number of nitrogens with one attached hydrogen (secondary N) is 1. The number of halogens is 3. The number of aliphatic hydroxyl groups is 1. The first-order valence-electron chi connectivity index (χ1n) is 10.6. The number of nitrogens with zero attached hydrogens (tertiary/aromatic N) is 1. The molecule has 3 saturated carbocycles. The van der Waals surface area contributed by atoms with E-state index in [1.54, 1.807) is 30.5 Å². The van der Waals surface area contributed by atoms with Crippen LogP contribution in [0.2, 0.25) is 10.0 Å². The Labute approximate surface area is 198 Å². The predicted molar refractivity (Wildman–Crippen MR) is 119 cm³/mol. The number of amides is 1. The summed E-state index contributed by atoms with van der Waals surface area (Å²) in [5.41, 5.74) is 0.635. The summed E-state index contributed by atoms with van der Waals surface area (Å²) < 4.78 is 25.5. The molecule has 1 aliphatic heterocycles. The second kappa shape index (κ2) is 7.19. The maximum atomic E-state index is 13.8. The first kappa shape index (κ1) is 21.0. The number of carbonyl (C=O) groups excluding carboxylic acids is 1. The average molecular weight is 489 g/mol. The number of benzene rings is 2. The monoisotopic (exact) mass is 488 g/mol. The highest BCUT2D eigenvalue weighted by Gasteiger charge is 2.71. The minimum Gasteiger partial charge on any atom is -0.480 e. The van der Waals surface area contributed by atoms with Crippen LogP contribution in [0.5, 0.6) is 5.75 Å². The van der Waals surface area contributed by atoms with Gasteiger partial charge in [-0.15, -0.1) is 0 Å². The molecule has 1 aromatic heterocycles. The van der Waals surface area contributed by atoms with Gasteiger partial charge in [0.15, 0.2) is 11.9 Å². The molecule has 33 heavy (non-hydrogen) atoms. The summed E-state index contributed by atoms with van der Waals surface area (Å²) in [6.45, 7) is 0. The zero-order chi connectivity index (χ0) is 23.0. The van der Waals surface area contributed by atoms with Gasteiger partial charge < -0.3 is 19.6 Å². The van der Waals surface area contributed by atoms with Gasteiger partial charge in [-0.2, -0.15) is 0 Å². The zero-order valence-electron chi connectivity index (χ0n) is 17.3. The van der Waals surface area contributed by atoms with Gasteiger partial charge in [-0.25, -0.2) is 9.37 Å². The summed E-state index contributed by atoms with van der Waals surface area (Å²) in [4.78, 5) is 17.3. The minimum atomic E-state index is -0.814. The number of carbonyl (C=O) groups is 1. The number of oxazole rings is 1. The van der Waals surface area contributed by atoms with E-state index in [-0.39, 0.29) is 28.3 Å². The summed E-state index contributed by atoms with van der Waals surface area (Å²) >= 11 is 11.7. The zero-order valence-corrected chi connectivity index (χ0v) is 18.8. The minimum absolute atomic E-state index is 0.0531. The Morgan fingerprint density at radius 1 is 1.18 bits per heavy atom. The van der Waals surface area contributed by atoms with Crippen LogP contribution in [-0.4, -0.2) is 27.6 Å². The number of aromatic nitrogens is 1. The van der Waals surface area contributed by atoms with E-state index in [1.165, 1.54) is 12.1 Å². The number of fused-ring (bicyclic) bond motifs is 1. The third kappa shape index (κ3) is 3.33. The number of aliphatic hydroxyl groups excluding tert-OH is 1. The molecular weight excluding hydrogens is 470 g/mol. The van der Waals surface area contributed by atoms with Gasteiger partial charge in [0.2, 0.25) is 5.89 Å². The molecule has 3 aromatic rings. The van der Waals surface area contributed by atoms with E-state index in [2.05, 4.69) is 10.3 Å². The van der Waals surface area contributed by atoms with E-state index >= 15 is 0 Å². The van der Waals surface area contributed by atoms with Crippen LogP contribution in [0.3, 0.4) is 0 Å². The quantitative estimate of drug-likeness (QED) is 0.541. The van der Waals surface area contributed by atoms with Crippen LogP contribution in [0.15, 0.2) is 47.0 Å². The van der Waals surface area contributed by atoms with E-state index in [1.807, 2.05) is 0 Å². The Morgan fingerprint density at radius 3 is 2.73 bits per heavy atom. The number of hydrogen-bond acceptors (Lipinski definition) is 5. The maximum Gasteiger partial charge on any atom is 0.261 e. The summed E-state index contributed by atoms with van der Waals surface area (Å²) in [5.74, 6) is 0.789. The highest BCUT2D eigenvalue weighted by Crippen LogP contribution is 2.67. The molecule has 2 N–H and O–H groups in total. The predicted octanol–water partition coefficient (Wildman–Crippen LogP) is 4.96. The second-order valence-electron chi connectivity index (χ2n) is 9.28. The van der Waals surface area contributed by atoms with E-state index in [0.29, 0.717) is 52.8 Å². The third-order valence-electron chi connectivity index (χ3n) is 6.91. The average Bonchev–Trinajstić information content (AvgIpc) is 3.21. The van der Waals surface area contributed by atoms with Crippen molar-refractivity contribution in [3.8, 4) is 17.1 Å². The molecule has 3 aliphatic carbocycles. The molecule has 3 fully saturated rings. The lowest BCUT2D eigenvalue weighted by Crippen LogP contribution is -2.77. The SMILES string of the molecule is O=C(NC12CC(c3ncc(-c4ccc(Cl)c(F)c4)o3)(C1)C2)[C@@H]1C[C@@H](O)c2cc(Cl)ccc2O1. The van der Waals surface area contributed by atoms with Crippen molar-refractivity contribution in [2.24, 2.45) is 0 Å².